The molecule has 0 aliphatic rings. The molecule has 0 bridgehead atoms. The number of carbonyl (C=O) groups is 1. The molecule has 0 rings (SSSR count). The summed E-state index contributed by atoms with van der Waals surface area (Å²) in [7, 11) is 0. The molecule has 0 fully saturated rings. The molecule has 0 spiro atoms. The predicted molar refractivity (Wildman–Crippen MR) is 57.4 cm³/mol. The Bertz CT molecular complexity index is 183. The van der Waals surface area contributed by atoms with E-state index in [1.165, 1.54) is 0 Å². The first kappa shape index (κ1) is 12.3. The Morgan fingerprint density at radius 2 is 1.92 bits per heavy atom. The summed E-state index contributed by atoms with van der Waals surface area (Å²) in [6.07, 6.45) is 3.22. The SMILES string of the molecule is CCC/C(CC(=O)CC)=N/C(C)C. The fourth-order valence-corrected chi connectivity index (χ4v) is 1.20. The molecular formula is C11H21NO. The molecule has 0 atom stereocenters. The molecule has 76 valence electrons. The number of hydrogen-bond donors (Lipinski definition) is 0. The van der Waals surface area contributed by atoms with Gasteiger partial charge in [0.15, 0.2) is 0 Å². The number of ketones is 1. The quantitative estimate of drug-likeness (QED) is 0.582. The number of carbonyl (C=O) groups excluding carboxylic acids is 1. The number of Topliss-reactive ketones (excluding diaryl/α,β-unsaturated/α-hetero) is 1. The molecule has 0 aliphatic heterocycles. The Hall–Kier alpha value is -0.660. The highest BCUT2D eigenvalue weighted by molar-refractivity contribution is 6.01. The van der Waals surface area contributed by atoms with Crippen molar-refractivity contribution in [2.75, 3.05) is 0 Å². The molecule has 0 aromatic carbocycles. The van der Waals surface area contributed by atoms with Gasteiger partial charge in [-0.3, -0.25) is 9.79 Å². The molecule has 0 aromatic heterocycles. The van der Waals surface area contributed by atoms with Crippen LogP contribution in [-0.2, 0) is 4.79 Å². The van der Waals surface area contributed by atoms with Crippen molar-refractivity contribution in [1.82, 2.24) is 0 Å². The summed E-state index contributed by atoms with van der Waals surface area (Å²) in [6, 6.07) is 0.311. The van der Waals surface area contributed by atoms with Gasteiger partial charge in [-0.05, 0) is 20.3 Å². The lowest BCUT2D eigenvalue weighted by Crippen LogP contribution is -2.09. The zero-order valence-electron chi connectivity index (χ0n) is 9.26. The summed E-state index contributed by atoms with van der Waals surface area (Å²) < 4.78 is 0. The number of nitrogens with zero attached hydrogens (tertiary/aromatic N) is 1. The average Bonchev–Trinajstić information content (AvgIpc) is 2.03. The van der Waals surface area contributed by atoms with Gasteiger partial charge >= 0.3 is 0 Å². The predicted octanol–water partition coefficient (Wildman–Crippen LogP) is 3.01. The molecule has 0 unspecified atom stereocenters. The van der Waals surface area contributed by atoms with Crippen LogP contribution < -0.4 is 0 Å². The smallest absolute Gasteiger partial charge is 0.138 e. The Morgan fingerprint density at radius 1 is 1.31 bits per heavy atom. The molecule has 0 N–H and O–H groups in total. The maximum Gasteiger partial charge on any atom is 0.138 e. The van der Waals surface area contributed by atoms with Crippen LogP contribution in [0.3, 0.4) is 0 Å². The summed E-state index contributed by atoms with van der Waals surface area (Å²) in [4.78, 5) is 15.6. The van der Waals surface area contributed by atoms with Crippen molar-refractivity contribution in [3.8, 4) is 0 Å². The van der Waals surface area contributed by atoms with E-state index in [4.69, 9.17) is 0 Å². The fourth-order valence-electron chi connectivity index (χ4n) is 1.20. The van der Waals surface area contributed by atoms with Gasteiger partial charge in [0.25, 0.3) is 0 Å². The molecule has 2 nitrogen and oxygen atoms in total. The number of aliphatic imine (C=N–C) groups is 1. The van der Waals surface area contributed by atoms with Crippen molar-refractivity contribution in [1.29, 1.82) is 0 Å². The molecule has 0 aliphatic carbocycles. The van der Waals surface area contributed by atoms with Gasteiger partial charge in [0, 0.05) is 24.6 Å². The molecule has 13 heavy (non-hydrogen) atoms. The first-order chi connectivity index (χ1) is 6.10. The lowest BCUT2D eigenvalue weighted by Gasteiger charge is -2.05. The minimum absolute atomic E-state index is 0.299. The van der Waals surface area contributed by atoms with Crippen LogP contribution in [0.2, 0.25) is 0 Å². The van der Waals surface area contributed by atoms with Gasteiger partial charge in [-0.15, -0.1) is 0 Å². The van der Waals surface area contributed by atoms with Crippen molar-refractivity contribution in [3.05, 3.63) is 0 Å². The van der Waals surface area contributed by atoms with Crippen LogP contribution >= 0.6 is 0 Å². The van der Waals surface area contributed by atoms with E-state index in [1.54, 1.807) is 0 Å². The minimum atomic E-state index is 0.299. The highest BCUT2D eigenvalue weighted by Gasteiger charge is 2.05. The second-order valence-corrected chi connectivity index (χ2v) is 3.61. The topological polar surface area (TPSA) is 29.4 Å². The Labute approximate surface area is 81.4 Å². The highest BCUT2D eigenvalue weighted by Crippen LogP contribution is 2.03. The monoisotopic (exact) mass is 183 g/mol. The van der Waals surface area contributed by atoms with Gasteiger partial charge in [0.05, 0.1) is 0 Å². The summed E-state index contributed by atoms with van der Waals surface area (Å²) in [5, 5.41) is 0. The van der Waals surface area contributed by atoms with Crippen LogP contribution in [0.15, 0.2) is 4.99 Å². The normalized spacial score (nSPS) is 12.2. The number of hydrogen-bond acceptors (Lipinski definition) is 2. The first-order valence-corrected chi connectivity index (χ1v) is 5.17. The van der Waals surface area contributed by atoms with Crippen molar-refractivity contribution in [2.45, 2.75) is 59.4 Å². The van der Waals surface area contributed by atoms with Crippen molar-refractivity contribution in [3.63, 3.8) is 0 Å². The third kappa shape index (κ3) is 6.50. The minimum Gasteiger partial charge on any atom is -0.299 e. The second kappa shape index (κ2) is 6.81. The zero-order chi connectivity index (χ0) is 10.3. The molecule has 0 aromatic rings. The summed E-state index contributed by atoms with van der Waals surface area (Å²) in [6.45, 7) is 8.12. The average molecular weight is 183 g/mol. The Kier molecular flexibility index (Phi) is 6.47. The van der Waals surface area contributed by atoms with Crippen molar-refractivity contribution < 1.29 is 4.79 Å². The fraction of sp³-hybridized carbons (Fsp3) is 0.818. The molecule has 0 heterocycles. The molecule has 0 saturated heterocycles. The van der Waals surface area contributed by atoms with E-state index in [0.29, 0.717) is 24.7 Å². The summed E-state index contributed by atoms with van der Waals surface area (Å²) in [5.74, 6) is 0.299. The van der Waals surface area contributed by atoms with E-state index in [1.807, 2.05) is 20.8 Å². The van der Waals surface area contributed by atoms with Crippen LogP contribution in [0.25, 0.3) is 0 Å². The molecule has 0 amide bonds. The zero-order valence-corrected chi connectivity index (χ0v) is 9.26. The van der Waals surface area contributed by atoms with Crippen LogP contribution in [0.4, 0.5) is 0 Å². The molecule has 0 saturated carbocycles. The van der Waals surface area contributed by atoms with Crippen molar-refractivity contribution in [2.24, 2.45) is 4.99 Å². The molecule has 0 radical (unpaired) electrons. The van der Waals surface area contributed by atoms with Gasteiger partial charge in [-0.1, -0.05) is 20.3 Å². The van der Waals surface area contributed by atoms with Gasteiger partial charge in [-0.2, -0.15) is 0 Å². The Balaban J connectivity index is 4.17. The molecular weight excluding hydrogens is 162 g/mol. The standard InChI is InChI=1S/C11H21NO/c1-5-7-10(12-9(3)4)8-11(13)6-2/h9H,5-8H2,1-4H3/b12-10-. The van der Waals surface area contributed by atoms with Crippen LogP contribution in [0.5, 0.6) is 0 Å². The second-order valence-electron chi connectivity index (χ2n) is 3.61. The van der Waals surface area contributed by atoms with Crippen LogP contribution in [0, 0.1) is 0 Å². The largest absolute Gasteiger partial charge is 0.299 e. The maximum absolute atomic E-state index is 11.2. The molecule has 2 heteroatoms. The van der Waals surface area contributed by atoms with Gasteiger partial charge in [0.1, 0.15) is 5.78 Å². The van der Waals surface area contributed by atoms with E-state index in [0.717, 1.165) is 18.6 Å². The van der Waals surface area contributed by atoms with Crippen LogP contribution in [0.1, 0.15) is 53.4 Å². The van der Waals surface area contributed by atoms with Crippen LogP contribution in [-0.4, -0.2) is 17.5 Å². The summed E-state index contributed by atoms with van der Waals surface area (Å²) in [5.41, 5.74) is 1.07. The van der Waals surface area contributed by atoms with E-state index in [9.17, 15) is 4.79 Å². The summed E-state index contributed by atoms with van der Waals surface area (Å²) >= 11 is 0. The van der Waals surface area contributed by atoms with E-state index in [2.05, 4.69) is 11.9 Å². The lowest BCUT2D eigenvalue weighted by molar-refractivity contribution is -0.117. The third-order valence-electron chi connectivity index (χ3n) is 1.77. The van der Waals surface area contributed by atoms with E-state index in [-0.39, 0.29) is 0 Å². The Morgan fingerprint density at radius 3 is 2.31 bits per heavy atom. The highest BCUT2D eigenvalue weighted by atomic mass is 16.1. The maximum atomic E-state index is 11.2. The first-order valence-electron chi connectivity index (χ1n) is 5.17. The van der Waals surface area contributed by atoms with E-state index >= 15 is 0 Å². The van der Waals surface area contributed by atoms with E-state index < -0.39 is 0 Å². The lowest BCUT2D eigenvalue weighted by atomic mass is 10.1. The number of rotatable bonds is 6. The van der Waals surface area contributed by atoms with Gasteiger partial charge in [0.2, 0.25) is 0 Å². The van der Waals surface area contributed by atoms with Crippen molar-refractivity contribution >= 4 is 11.5 Å². The van der Waals surface area contributed by atoms with Gasteiger partial charge < -0.3 is 0 Å². The van der Waals surface area contributed by atoms with Gasteiger partial charge in [-0.25, -0.2) is 0 Å². The third-order valence-corrected chi connectivity index (χ3v) is 1.77.